The van der Waals surface area contributed by atoms with Crippen molar-refractivity contribution in [2.45, 2.75) is 5.92 Å². The van der Waals surface area contributed by atoms with E-state index < -0.39 is 0 Å². The van der Waals surface area contributed by atoms with Crippen LogP contribution in [0.15, 0.2) is 51.4 Å². The Bertz CT molecular complexity index is 515. The molecule has 0 nitrogen and oxygen atoms in total. The molecule has 0 saturated carbocycles. The maximum Gasteiger partial charge on any atom is 0.0213 e. The van der Waals surface area contributed by atoms with Crippen LogP contribution in [-0.4, -0.2) is 0 Å². The summed E-state index contributed by atoms with van der Waals surface area (Å²) < 4.78 is 2.16. The quantitative estimate of drug-likeness (QED) is 0.683. The van der Waals surface area contributed by atoms with Gasteiger partial charge in [-0.2, -0.15) is 0 Å². The molecular weight excluding hydrogens is 340 g/mol. The first-order valence-corrected chi connectivity index (χ1v) is 6.86. The zero-order chi connectivity index (χ0) is 12.4. The second-order valence-electron chi connectivity index (χ2n) is 3.96. The lowest BCUT2D eigenvalue weighted by atomic mass is 9.92. The van der Waals surface area contributed by atoms with Gasteiger partial charge in [-0.05, 0) is 48.7 Å². The molecule has 0 spiro atoms. The van der Waals surface area contributed by atoms with Gasteiger partial charge in [0, 0.05) is 14.9 Å². The van der Waals surface area contributed by atoms with Crippen LogP contribution in [0.1, 0.15) is 22.6 Å². The van der Waals surface area contributed by atoms with Crippen LogP contribution in [0.4, 0.5) is 0 Å². The van der Waals surface area contributed by atoms with Crippen LogP contribution in [0, 0.1) is 13.8 Å². The van der Waals surface area contributed by atoms with Gasteiger partial charge in [-0.25, -0.2) is 0 Å². The number of rotatable bonds is 2. The van der Waals surface area contributed by atoms with Crippen molar-refractivity contribution in [3.63, 3.8) is 0 Å². The van der Waals surface area contributed by atoms with Crippen molar-refractivity contribution < 1.29 is 0 Å². The summed E-state index contributed by atoms with van der Waals surface area (Å²) in [5.74, 6) is 0.110. The fourth-order valence-corrected chi connectivity index (χ4v) is 2.52. The van der Waals surface area contributed by atoms with Crippen molar-refractivity contribution in [3.8, 4) is 0 Å². The van der Waals surface area contributed by atoms with E-state index in [-0.39, 0.29) is 5.92 Å². The fourth-order valence-electron chi connectivity index (χ4n) is 1.73. The van der Waals surface area contributed by atoms with Crippen LogP contribution < -0.4 is 0 Å². The first-order valence-electron chi connectivity index (χ1n) is 5.28. The standard InChI is InChI=1S/C15H12Br2/c1-10-3-8-15(17)14(9-10)11(2)12-4-6-13(16)7-5-12/h3-9,11H,1-2H2. The monoisotopic (exact) mass is 350 g/mol. The predicted molar refractivity (Wildman–Crippen MR) is 79.9 cm³/mol. The van der Waals surface area contributed by atoms with Crippen LogP contribution >= 0.6 is 31.9 Å². The highest BCUT2D eigenvalue weighted by Crippen LogP contribution is 2.31. The summed E-state index contributed by atoms with van der Waals surface area (Å²) in [7, 11) is 0. The lowest BCUT2D eigenvalue weighted by Crippen LogP contribution is -1.98. The lowest BCUT2D eigenvalue weighted by molar-refractivity contribution is 1.01. The number of hydrogen-bond acceptors (Lipinski definition) is 0. The minimum absolute atomic E-state index is 0.110. The molecule has 1 atom stereocenters. The van der Waals surface area contributed by atoms with Gasteiger partial charge < -0.3 is 0 Å². The third-order valence-corrected chi connectivity index (χ3v) is 3.96. The second-order valence-corrected chi connectivity index (χ2v) is 5.73. The molecule has 0 amide bonds. The van der Waals surface area contributed by atoms with Crippen molar-refractivity contribution in [1.29, 1.82) is 0 Å². The third kappa shape index (κ3) is 2.99. The normalized spacial score (nSPS) is 12.5. The van der Waals surface area contributed by atoms with Crippen molar-refractivity contribution in [3.05, 3.63) is 81.9 Å². The molecule has 0 heterocycles. The van der Waals surface area contributed by atoms with Crippen molar-refractivity contribution in [2.24, 2.45) is 0 Å². The molecule has 2 radical (unpaired) electrons. The van der Waals surface area contributed by atoms with Gasteiger partial charge in [0.05, 0.1) is 0 Å². The third-order valence-electron chi connectivity index (χ3n) is 2.71. The second kappa shape index (κ2) is 5.36. The van der Waals surface area contributed by atoms with E-state index in [1.54, 1.807) is 0 Å². The Morgan fingerprint density at radius 2 is 1.59 bits per heavy atom. The van der Waals surface area contributed by atoms with Crippen molar-refractivity contribution in [2.75, 3.05) is 0 Å². The highest BCUT2D eigenvalue weighted by atomic mass is 79.9. The summed E-state index contributed by atoms with van der Waals surface area (Å²) >= 11 is 7.00. The molecule has 0 saturated heterocycles. The smallest absolute Gasteiger partial charge is 0.0213 e. The lowest BCUT2D eigenvalue weighted by Gasteiger charge is -2.15. The molecule has 1 unspecified atom stereocenters. The summed E-state index contributed by atoms with van der Waals surface area (Å²) in [4.78, 5) is 0. The minimum atomic E-state index is 0.110. The summed E-state index contributed by atoms with van der Waals surface area (Å²) in [6, 6.07) is 14.3. The number of hydrogen-bond donors (Lipinski definition) is 0. The fraction of sp³-hybridized carbons (Fsp3) is 0.0667. The Labute approximate surface area is 119 Å². The number of benzene rings is 2. The van der Waals surface area contributed by atoms with Gasteiger partial charge in [0.25, 0.3) is 0 Å². The van der Waals surface area contributed by atoms with Crippen molar-refractivity contribution in [1.82, 2.24) is 0 Å². The molecule has 0 N–H and O–H groups in total. The minimum Gasteiger partial charge on any atom is -0.0579 e. The largest absolute Gasteiger partial charge is 0.0579 e. The van der Waals surface area contributed by atoms with E-state index in [9.17, 15) is 0 Å². The SMILES string of the molecule is [CH2]c1ccc(Br)c(C([CH2])c2ccc(Br)cc2)c1. The molecule has 0 aliphatic heterocycles. The van der Waals surface area contributed by atoms with Gasteiger partial charge in [-0.15, -0.1) is 0 Å². The molecule has 2 rings (SSSR count). The van der Waals surface area contributed by atoms with E-state index in [4.69, 9.17) is 0 Å². The van der Waals surface area contributed by atoms with Crippen molar-refractivity contribution >= 4 is 31.9 Å². The van der Waals surface area contributed by atoms with Crippen LogP contribution in [0.2, 0.25) is 0 Å². The summed E-state index contributed by atoms with van der Waals surface area (Å²) in [5.41, 5.74) is 3.37. The van der Waals surface area contributed by atoms with E-state index in [1.165, 1.54) is 11.1 Å². The molecule has 17 heavy (non-hydrogen) atoms. The van der Waals surface area contributed by atoms with E-state index in [0.29, 0.717) is 0 Å². The number of halogens is 2. The Morgan fingerprint density at radius 3 is 2.24 bits per heavy atom. The molecule has 2 heteroatoms. The van der Waals surface area contributed by atoms with E-state index in [1.807, 2.05) is 24.3 Å². The van der Waals surface area contributed by atoms with E-state index in [0.717, 1.165) is 14.5 Å². The molecule has 0 aliphatic carbocycles. The van der Waals surface area contributed by atoms with Gasteiger partial charge in [0.2, 0.25) is 0 Å². The average Bonchev–Trinajstić information content (AvgIpc) is 2.32. The highest BCUT2D eigenvalue weighted by Gasteiger charge is 2.11. The van der Waals surface area contributed by atoms with E-state index >= 15 is 0 Å². The van der Waals surface area contributed by atoms with Gasteiger partial charge in [-0.3, -0.25) is 0 Å². The zero-order valence-corrected chi connectivity index (χ0v) is 12.5. The van der Waals surface area contributed by atoms with Gasteiger partial charge in [0.1, 0.15) is 0 Å². The molecule has 86 valence electrons. The maximum atomic E-state index is 4.24. The Morgan fingerprint density at radius 1 is 0.941 bits per heavy atom. The van der Waals surface area contributed by atoms with Gasteiger partial charge in [-0.1, -0.05) is 56.1 Å². The molecule has 2 aromatic carbocycles. The molecular formula is C15H12Br2. The zero-order valence-electron chi connectivity index (χ0n) is 9.29. The first-order chi connectivity index (χ1) is 8.08. The summed E-state index contributed by atoms with van der Waals surface area (Å²) in [6.07, 6.45) is 0. The molecule has 0 aliphatic rings. The topological polar surface area (TPSA) is 0 Å². The molecule has 2 aromatic rings. The van der Waals surface area contributed by atoms with Crippen LogP contribution in [0.3, 0.4) is 0 Å². The maximum absolute atomic E-state index is 4.24. The average molecular weight is 352 g/mol. The Balaban J connectivity index is 2.39. The summed E-state index contributed by atoms with van der Waals surface area (Å²) in [5, 5.41) is 0. The Hall–Kier alpha value is -0.600. The van der Waals surface area contributed by atoms with E-state index in [2.05, 4.69) is 63.9 Å². The summed E-state index contributed by atoms with van der Waals surface area (Å²) in [6.45, 7) is 8.19. The van der Waals surface area contributed by atoms with Crippen LogP contribution in [-0.2, 0) is 0 Å². The Kier molecular flexibility index (Phi) is 4.05. The van der Waals surface area contributed by atoms with Crippen LogP contribution in [0.5, 0.6) is 0 Å². The molecule has 0 aromatic heterocycles. The first kappa shape index (κ1) is 12.8. The van der Waals surface area contributed by atoms with Crippen LogP contribution in [0.25, 0.3) is 0 Å². The molecule has 0 fully saturated rings. The van der Waals surface area contributed by atoms with Gasteiger partial charge in [0.15, 0.2) is 0 Å². The highest BCUT2D eigenvalue weighted by molar-refractivity contribution is 9.10. The predicted octanol–water partition coefficient (Wildman–Crippen LogP) is 5.36. The molecule has 0 bridgehead atoms. The van der Waals surface area contributed by atoms with Gasteiger partial charge >= 0.3 is 0 Å².